The summed E-state index contributed by atoms with van der Waals surface area (Å²) in [5, 5.41) is 3.44. The standard InChI is InChI=1S/C15H24N2/c1-3-17(11-9-14-8-10-16-12-14)15-6-4-13(2)5-7-15/h4-7,14,16H,3,8-12H2,1-2H3. The second-order valence-corrected chi connectivity index (χ2v) is 5.06. The summed E-state index contributed by atoms with van der Waals surface area (Å²) in [4.78, 5) is 2.48. The molecule has 2 nitrogen and oxygen atoms in total. The Morgan fingerprint density at radius 2 is 2.06 bits per heavy atom. The van der Waals surface area contributed by atoms with Gasteiger partial charge in [-0.15, -0.1) is 0 Å². The van der Waals surface area contributed by atoms with Gasteiger partial charge in [-0.1, -0.05) is 17.7 Å². The van der Waals surface area contributed by atoms with Crippen LogP contribution in [0.25, 0.3) is 0 Å². The maximum Gasteiger partial charge on any atom is 0.0366 e. The summed E-state index contributed by atoms with van der Waals surface area (Å²) < 4.78 is 0. The quantitative estimate of drug-likeness (QED) is 0.840. The molecule has 0 aromatic heterocycles. The fraction of sp³-hybridized carbons (Fsp3) is 0.600. The Labute approximate surface area is 105 Å². The van der Waals surface area contributed by atoms with Gasteiger partial charge in [-0.25, -0.2) is 0 Å². The Hall–Kier alpha value is -1.02. The van der Waals surface area contributed by atoms with Gasteiger partial charge >= 0.3 is 0 Å². The largest absolute Gasteiger partial charge is 0.372 e. The van der Waals surface area contributed by atoms with Crippen LogP contribution in [-0.2, 0) is 0 Å². The molecule has 1 N–H and O–H groups in total. The number of nitrogens with zero attached hydrogens (tertiary/aromatic N) is 1. The summed E-state index contributed by atoms with van der Waals surface area (Å²) in [7, 11) is 0. The summed E-state index contributed by atoms with van der Waals surface area (Å²) in [6.07, 6.45) is 2.67. The smallest absolute Gasteiger partial charge is 0.0366 e. The predicted octanol–water partition coefficient (Wildman–Crippen LogP) is 2.82. The molecule has 1 heterocycles. The molecular formula is C15H24N2. The molecule has 1 atom stereocenters. The van der Waals surface area contributed by atoms with E-state index in [2.05, 4.69) is 48.3 Å². The van der Waals surface area contributed by atoms with Gasteiger partial charge < -0.3 is 10.2 Å². The van der Waals surface area contributed by atoms with E-state index < -0.39 is 0 Å². The van der Waals surface area contributed by atoms with Crippen LogP contribution in [0.3, 0.4) is 0 Å². The Bertz CT molecular complexity index is 325. The molecule has 0 aliphatic carbocycles. The second-order valence-electron chi connectivity index (χ2n) is 5.06. The number of nitrogens with one attached hydrogen (secondary N) is 1. The van der Waals surface area contributed by atoms with Gasteiger partial charge in [-0.3, -0.25) is 0 Å². The van der Waals surface area contributed by atoms with E-state index in [9.17, 15) is 0 Å². The highest BCUT2D eigenvalue weighted by molar-refractivity contribution is 5.47. The highest BCUT2D eigenvalue weighted by Crippen LogP contribution is 2.18. The number of hydrogen-bond acceptors (Lipinski definition) is 2. The second kappa shape index (κ2) is 6.06. The average Bonchev–Trinajstić information content (AvgIpc) is 2.85. The molecule has 1 aliphatic heterocycles. The van der Waals surface area contributed by atoms with Crippen LogP contribution in [0.4, 0.5) is 5.69 Å². The van der Waals surface area contributed by atoms with E-state index in [0.29, 0.717) is 0 Å². The molecule has 0 amide bonds. The first-order valence-electron chi connectivity index (χ1n) is 6.82. The van der Waals surface area contributed by atoms with E-state index in [1.165, 1.54) is 43.7 Å². The van der Waals surface area contributed by atoms with Crippen LogP contribution in [0.5, 0.6) is 0 Å². The monoisotopic (exact) mass is 232 g/mol. The molecule has 0 saturated carbocycles. The Morgan fingerprint density at radius 1 is 1.29 bits per heavy atom. The summed E-state index contributed by atoms with van der Waals surface area (Å²) in [6.45, 7) is 9.10. The van der Waals surface area contributed by atoms with E-state index in [1.54, 1.807) is 0 Å². The lowest BCUT2D eigenvalue weighted by atomic mass is 10.0. The molecule has 1 aromatic rings. The Morgan fingerprint density at radius 3 is 2.65 bits per heavy atom. The number of hydrogen-bond donors (Lipinski definition) is 1. The van der Waals surface area contributed by atoms with Gasteiger partial charge in [0.1, 0.15) is 0 Å². The molecule has 1 unspecified atom stereocenters. The van der Waals surface area contributed by atoms with Crippen LogP contribution < -0.4 is 10.2 Å². The lowest BCUT2D eigenvalue weighted by Gasteiger charge is -2.24. The minimum atomic E-state index is 0.884. The Kier molecular flexibility index (Phi) is 4.43. The Balaban J connectivity index is 1.89. The molecule has 1 saturated heterocycles. The zero-order valence-corrected chi connectivity index (χ0v) is 11.1. The number of aryl methyl sites for hydroxylation is 1. The highest BCUT2D eigenvalue weighted by atomic mass is 15.1. The number of rotatable bonds is 5. The fourth-order valence-electron chi connectivity index (χ4n) is 2.52. The SMILES string of the molecule is CCN(CCC1CCNC1)c1ccc(C)cc1. The molecule has 94 valence electrons. The van der Waals surface area contributed by atoms with E-state index in [4.69, 9.17) is 0 Å². The van der Waals surface area contributed by atoms with Crippen molar-refractivity contribution in [3.8, 4) is 0 Å². The maximum atomic E-state index is 3.44. The van der Waals surface area contributed by atoms with Crippen LogP contribution in [0, 0.1) is 12.8 Å². The third-order valence-electron chi connectivity index (χ3n) is 3.75. The molecule has 2 heteroatoms. The molecule has 0 radical (unpaired) electrons. The lowest BCUT2D eigenvalue weighted by Crippen LogP contribution is -2.26. The molecule has 17 heavy (non-hydrogen) atoms. The lowest BCUT2D eigenvalue weighted by molar-refractivity contribution is 0.528. The van der Waals surface area contributed by atoms with E-state index in [0.717, 1.165) is 12.5 Å². The molecule has 1 aliphatic rings. The topological polar surface area (TPSA) is 15.3 Å². The molecular weight excluding hydrogens is 208 g/mol. The van der Waals surface area contributed by atoms with Gasteiger partial charge in [0.2, 0.25) is 0 Å². The molecule has 2 rings (SSSR count). The van der Waals surface area contributed by atoms with Crippen molar-refractivity contribution in [2.75, 3.05) is 31.1 Å². The van der Waals surface area contributed by atoms with Gasteiger partial charge in [-0.2, -0.15) is 0 Å². The first-order chi connectivity index (χ1) is 8.29. The van der Waals surface area contributed by atoms with Crippen molar-refractivity contribution < 1.29 is 0 Å². The summed E-state index contributed by atoms with van der Waals surface area (Å²) >= 11 is 0. The van der Waals surface area contributed by atoms with Crippen molar-refractivity contribution in [3.63, 3.8) is 0 Å². The van der Waals surface area contributed by atoms with Crippen molar-refractivity contribution in [1.82, 2.24) is 5.32 Å². The van der Waals surface area contributed by atoms with Gasteiger partial charge in [0.25, 0.3) is 0 Å². The first-order valence-corrected chi connectivity index (χ1v) is 6.82. The number of anilines is 1. The van der Waals surface area contributed by atoms with Crippen molar-refractivity contribution in [3.05, 3.63) is 29.8 Å². The van der Waals surface area contributed by atoms with E-state index >= 15 is 0 Å². The summed E-state index contributed by atoms with van der Waals surface area (Å²) in [5.41, 5.74) is 2.70. The zero-order chi connectivity index (χ0) is 12.1. The zero-order valence-electron chi connectivity index (χ0n) is 11.1. The molecule has 0 bridgehead atoms. The third-order valence-corrected chi connectivity index (χ3v) is 3.75. The molecule has 1 fully saturated rings. The van der Waals surface area contributed by atoms with Crippen molar-refractivity contribution in [1.29, 1.82) is 0 Å². The summed E-state index contributed by atoms with van der Waals surface area (Å²) in [6, 6.07) is 8.89. The summed E-state index contributed by atoms with van der Waals surface area (Å²) in [5.74, 6) is 0.884. The van der Waals surface area contributed by atoms with Crippen LogP contribution in [0.2, 0.25) is 0 Å². The minimum absolute atomic E-state index is 0.884. The molecule has 1 aromatic carbocycles. The van der Waals surface area contributed by atoms with Crippen molar-refractivity contribution >= 4 is 5.69 Å². The number of benzene rings is 1. The van der Waals surface area contributed by atoms with Crippen molar-refractivity contribution in [2.45, 2.75) is 26.7 Å². The minimum Gasteiger partial charge on any atom is -0.372 e. The van der Waals surface area contributed by atoms with Gasteiger partial charge in [0, 0.05) is 18.8 Å². The van der Waals surface area contributed by atoms with Crippen LogP contribution in [-0.4, -0.2) is 26.2 Å². The van der Waals surface area contributed by atoms with E-state index in [1.807, 2.05) is 0 Å². The van der Waals surface area contributed by atoms with Crippen LogP contribution in [0.15, 0.2) is 24.3 Å². The first kappa shape index (κ1) is 12.4. The predicted molar refractivity (Wildman–Crippen MR) is 74.7 cm³/mol. The van der Waals surface area contributed by atoms with E-state index in [-0.39, 0.29) is 0 Å². The average molecular weight is 232 g/mol. The maximum absolute atomic E-state index is 3.44. The fourth-order valence-corrected chi connectivity index (χ4v) is 2.52. The third kappa shape index (κ3) is 3.47. The van der Waals surface area contributed by atoms with Crippen LogP contribution in [0.1, 0.15) is 25.3 Å². The van der Waals surface area contributed by atoms with Gasteiger partial charge in [-0.05, 0) is 57.8 Å². The van der Waals surface area contributed by atoms with Crippen molar-refractivity contribution in [2.24, 2.45) is 5.92 Å². The molecule has 0 spiro atoms. The highest BCUT2D eigenvalue weighted by Gasteiger charge is 2.15. The van der Waals surface area contributed by atoms with Gasteiger partial charge in [0.05, 0.1) is 0 Å². The normalized spacial score (nSPS) is 19.5. The van der Waals surface area contributed by atoms with Crippen LogP contribution >= 0.6 is 0 Å². The van der Waals surface area contributed by atoms with Gasteiger partial charge in [0.15, 0.2) is 0 Å².